The van der Waals surface area contributed by atoms with Gasteiger partial charge >= 0.3 is 0 Å². The van der Waals surface area contributed by atoms with Crippen LogP contribution in [0.4, 0.5) is 5.69 Å². The van der Waals surface area contributed by atoms with Crippen LogP contribution in [-0.2, 0) is 22.4 Å². The molecule has 2 aromatic carbocycles. The Morgan fingerprint density at radius 3 is 2.33 bits per heavy atom. The summed E-state index contributed by atoms with van der Waals surface area (Å²) in [4.78, 5) is 42.5. The number of benzene rings is 2. The molecule has 3 amide bonds. The zero-order chi connectivity index (χ0) is 25.3. The number of hydrogen-bond donors (Lipinski definition) is 2. The first-order chi connectivity index (χ1) is 17.5. The molecule has 1 aliphatic rings. The Morgan fingerprint density at radius 2 is 1.64 bits per heavy atom. The van der Waals surface area contributed by atoms with Crippen LogP contribution >= 0.6 is 0 Å². The first-order valence-electron chi connectivity index (χ1n) is 12.3. The second kappa shape index (κ2) is 12.2. The number of carbonyl (C=O) groups excluding carboxylic acids is 3. The van der Waals surface area contributed by atoms with E-state index in [-0.39, 0.29) is 24.1 Å². The van der Waals surface area contributed by atoms with Crippen LogP contribution in [0.15, 0.2) is 77.4 Å². The molecule has 188 valence electrons. The second-order valence-electron chi connectivity index (χ2n) is 8.85. The highest BCUT2D eigenvalue weighted by Crippen LogP contribution is 2.16. The van der Waals surface area contributed by atoms with E-state index in [2.05, 4.69) is 17.6 Å². The molecule has 0 bridgehead atoms. The normalized spacial score (nSPS) is 14.8. The minimum absolute atomic E-state index is 0.0664. The first kappa shape index (κ1) is 25.2. The molecule has 3 aromatic rings. The molecular weight excluding hydrogens is 456 g/mol. The van der Waals surface area contributed by atoms with E-state index < -0.39 is 11.9 Å². The van der Waals surface area contributed by atoms with E-state index in [1.165, 1.54) is 6.26 Å². The molecule has 0 aliphatic carbocycles. The summed E-state index contributed by atoms with van der Waals surface area (Å²) in [6.45, 7) is 4.46. The lowest BCUT2D eigenvalue weighted by Crippen LogP contribution is -2.56. The highest BCUT2D eigenvalue weighted by molar-refractivity contribution is 5.95. The lowest BCUT2D eigenvalue weighted by Gasteiger charge is -2.36. The number of furan rings is 1. The number of piperazine rings is 1. The SMILES string of the molecule is CCc1ccccc1NC(=O)CN1CCN(C(=O)[C@H](Cc2ccccc2)NC(=O)c2ccco2)CC1. The number of anilines is 1. The van der Waals surface area contributed by atoms with E-state index >= 15 is 0 Å². The smallest absolute Gasteiger partial charge is 0.287 e. The Bertz CT molecular complexity index is 1160. The first-order valence-corrected chi connectivity index (χ1v) is 12.3. The predicted molar refractivity (Wildman–Crippen MR) is 138 cm³/mol. The van der Waals surface area contributed by atoms with Crippen LogP contribution in [0.5, 0.6) is 0 Å². The molecule has 1 saturated heterocycles. The van der Waals surface area contributed by atoms with E-state index in [4.69, 9.17) is 4.42 Å². The Morgan fingerprint density at radius 1 is 0.917 bits per heavy atom. The van der Waals surface area contributed by atoms with E-state index in [0.29, 0.717) is 32.6 Å². The molecule has 4 rings (SSSR count). The summed E-state index contributed by atoms with van der Waals surface area (Å²) in [5.74, 6) is -0.457. The quantitative estimate of drug-likeness (QED) is 0.483. The molecule has 0 unspecified atom stereocenters. The fraction of sp³-hybridized carbons (Fsp3) is 0.321. The largest absolute Gasteiger partial charge is 0.459 e. The van der Waals surface area contributed by atoms with Gasteiger partial charge in [-0.2, -0.15) is 0 Å². The molecule has 1 fully saturated rings. The van der Waals surface area contributed by atoms with Gasteiger partial charge in [-0.1, -0.05) is 55.5 Å². The van der Waals surface area contributed by atoms with Gasteiger partial charge in [-0.15, -0.1) is 0 Å². The van der Waals surface area contributed by atoms with E-state index in [1.54, 1.807) is 17.0 Å². The lowest BCUT2D eigenvalue weighted by atomic mass is 10.0. The van der Waals surface area contributed by atoms with Crippen LogP contribution in [0.3, 0.4) is 0 Å². The second-order valence-corrected chi connectivity index (χ2v) is 8.85. The molecule has 8 heteroatoms. The van der Waals surface area contributed by atoms with E-state index in [1.807, 2.05) is 59.5 Å². The van der Waals surface area contributed by atoms with E-state index in [9.17, 15) is 14.4 Å². The molecule has 2 heterocycles. The van der Waals surface area contributed by atoms with Gasteiger partial charge in [0.15, 0.2) is 5.76 Å². The Kier molecular flexibility index (Phi) is 8.52. The van der Waals surface area contributed by atoms with Gasteiger partial charge in [0.05, 0.1) is 12.8 Å². The van der Waals surface area contributed by atoms with Crippen molar-refractivity contribution in [3.8, 4) is 0 Å². The number of rotatable bonds is 9. The van der Waals surface area contributed by atoms with Crippen molar-refractivity contribution in [1.82, 2.24) is 15.1 Å². The summed E-state index contributed by atoms with van der Waals surface area (Å²) in [6.07, 6.45) is 2.66. The van der Waals surface area contributed by atoms with Gasteiger partial charge in [0, 0.05) is 38.3 Å². The molecule has 1 aromatic heterocycles. The number of nitrogens with one attached hydrogen (secondary N) is 2. The fourth-order valence-electron chi connectivity index (χ4n) is 4.38. The summed E-state index contributed by atoms with van der Waals surface area (Å²) in [5.41, 5.74) is 2.90. The standard InChI is InChI=1S/C28H32N4O4/c1-2-22-11-6-7-12-23(22)29-26(33)20-31-14-16-32(17-15-31)28(35)24(19-21-9-4-3-5-10-21)30-27(34)25-13-8-18-36-25/h3-13,18,24H,2,14-17,19-20H2,1H3,(H,29,33)(H,30,34)/t24-/m0/s1. The Labute approximate surface area is 211 Å². The summed E-state index contributed by atoms with van der Waals surface area (Å²) in [6, 6.07) is 19.9. The predicted octanol–water partition coefficient (Wildman–Crippen LogP) is 2.97. The number of amides is 3. The molecule has 2 N–H and O–H groups in total. The van der Waals surface area contributed by atoms with Crippen molar-refractivity contribution in [2.75, 3.05) is 38.0 Å². The molecule has 36 heavy (non-hydrogen) atoms. The van der Waals surface area contributed by atoms with Gasteiger partial charge in [0.2, 0.25) is 11.8 Å². The third kappa shape index (κ3) is 6.60. The van der Waals surface area contributed by atoms with Crippen molar-refractivity contribution >= 4 is 23.4 Å². The van der Waals surface area contributed by atoms with Gasteiger partial charge in [-0.25, -0.2) is 0 Å². The molecule has 0 spiro atoms. The number of para-hydroxylation sites is 1. The van der Waals surface area contributed by atoms with Crippen LogP contribution in [0.1, 0.15) is 28.6 Å². The van der Waals surface area contributed by atoms with Gasteiger partial charge in [-0.05, 0) is 35.7 Å². The third-order valence-corrected chi connectivity index (χ3v) is 6.35. The van der Waals surface area contributed by atoms with Crippen molar-refractivity contribution in [3.05, 3.63) is 89.9 Å². The maximum Gasteiger partial charge on any atom is 0.287 e. The molecule has 1 aliphatic heterocycles. The fourth-order valence-corrected chi connectivity index (χ4v) is 4.38. The molecule has 1 atom stereocenters. The molecule has 0 saturated carbocycles. The number of nitrogens with zero attached hydrogens (tertiary/aromatic N) is 2. The average molecular weight is 489 g/mol. The average Bonchev–Trinajstić information content (AvgIpc) is 3.45. The number of hydrogen-bond acceptors (Lipinski definition) is 5. The zero-order valence-corrected chi connectivity index (χ0v) is 20.5. The van der Waals surface area contributed by atoms with Crippen molar-refractivity contribution in [1.29, 1.82) is 0 Å². The monoisotopic (exact) mass is 488 g/mol. The summed E-state index contributed by atoms with van der Waals surface area (Å²) >= 11 is 0. The topological polar surface area (TPSA) is 94.9 Å². The highest BCUT2D eigenvalue weighted by Gasteiger charge is 2.30. The van der Waals surface area contributed by atoms with Crippen molar-refractivity contribution in [2.45, 2.75) is 25.8 Å². The molecule has 8 nitrogen and oxygen atoms in total. The van der Waals surface area contributed by atoms with Gasteiger partial charge in [-0.3, -0.25) is 19.3 Å². The maximum atomic E-state index is 13.4. The number of carbonyl (C=O) groups is 3. The summed E-state index contributed by atoms with van der Waals surface area (Å²) in [5, 5.41) is 5.85. The van der Waals surface area contributed by atoms with Crippen LogP contribution in [0, 0.1) is 0 Å². The summed E-state index contributed by atoms with van der Waals surface area (Å²) < 4.78 is 5.20. The Hall–Kier alpha value is -3.91. The van der Waals surface area contributed by atoms with Crippen molar-refractivity contribution in [2.24, 2.45) is 0 Å². The van der Waals surface area contributed by atoms with Crippen LogP contribution in [0.25, 0.3) is 0 Å². The molecular formula is C28H32N4O4. The number of aryl methyl sites for hydroxylation is 1. The summed E-state index contributed by atoms with van der Waals surface area (Å²) in [7, 11) is 0. The Balaban J connectivity index is 1.34. The minimum Gasteiger partial charge on any atom is -0.459 e. The van der Waals surface area contributed by atoms with Crippen LogP contribution in [0.2, 0.25) is 0 Å². The minimum atomic E-state index is -0.717. The maximum absolute atomic E-state index is 13.4. The van der Waals surface area contributed by atoms with E-state index in [0.717, 1.165) is 23.2 Å². The van der Waals surface area contributed by atoms with Gasteiger partial charge < -0.3 is 20.0 Å². The van der Waals surface area contributed by atoms with Gasteiger partial charge in [0.1, 0.15) is 6.04 Å². The van der Waals surface area contributed by atoms with Crippen molar-refractivity contribution in [3.63, 3.8) is 0 Å². The zero-order valence-electron chi connectivity index (χ0n) is 20.5. The van der Waals surface area contributed by atoms with Crippen LogP contribution < -0.4 is 10.6 Å². The van der Waals surface area contributed by atoms with Crippen molar-refractivity contribution < 1.29 is 18.8 Å². The third-order valence-electron chi connectivity index (χ3n) is 6.35. The lowest BCUT2D eigenvalue weighted by molar-refractivity contribution is -0.135. The highest BCUT2D eigenvalue weighted by atomic mass is 16.3. The van der Waals surface area contributed by atoms with Gasteiger partial charge in [0.25, 0.3) is 5.91 Å². The van der Waals surface area contributed by atoms with Crippen LogP contribution in [-0.4, -0.2) is 66.3 Å². The molecule has 0 radical (unpaired) electrons.